The van der Waals surface area contributed by atoms with Crippen LogP contribution in [0.25, 0.3) is 0 Å². The molecule has 0 aliphatic carbocycles. The molecular weight excluding hydrogens is 208 g/mol. The van der Waals surface area contributed by atoms with Crippen LogP contribution in [0.15, 0.2) is 24.3 Å². The Hall–Kier alpha value is -1.18. The van der Waals surface area contributed by atoms with Gasteiger partial charge in [-0.05, 0) is 30.7 Å². The number of nitrogens with zero attached hydrogens (tertiary/aromatic N) is 1. The Kier molecular flexibility index (Phi) is 6.53. The van der Waals surface area contributed by atoms with Crippen molar-refractivity contribution in [2.45, 2.75) is 39.0 Å². The first kappa shape index (κ1) is 13.9. The van der Waals surface area contributed by atoms with Crippen molar-refractivity contribution in [3.8, 4) is 0 Å². The van der Waals surface area contributed by atoms with Crippen molar-refractivity contribution in [1.82, 2.24) is 0 Å². The Labute approximate surface area is 106 Å². The van der Waals surface area contributed by atoms with Crippen LogP contribution in [0.3, 0.4) is 0 Å². The van der Waals surface area contributed by atoms with E-state index in [1.165, 1.54) is 43.5 Å². The van der Waals surface area contributed by atoms with E-state index in [1.54, 1.807) is 0 Å². The van der Waals surface area contributed by atoms with Crippen LogP contribution in [0.5, 0.6) is 0 Å². The highest BCUT2D eigenvalue weighted by Crippen LogP contribution is 2.15. The Balaban J connectivity index is 2.19. The minimum Gasteiger partial charge on any atom is -0.385 e. The first-order valence-corrected chi connectivity index (χ1v) is 6.75. The van der Waals surface area contributed by atoms with Crippen LogP contribution in [-0.4, -0.2) is 20.6 Å². The first-order valence-electron chi connectivity index (χ1n) is 6.75. The van der Waals surface area contributed by atoms with Gasteiger partial charge in [0.15, 0.2) is 0 Å². The summed E-state index contributed by atoms with van der Waals surface area (Å²) in [4.78, 5) is 2.12. The lowest BCUT2D eigenvalue weighted by Gasteiger charge is -2.13. The Morgan fingerprint density at radius 1 is 0.941 bits per heavy atom. The van der Waals surface area contributed by atoms with Crippen molar-refractivity contribution in [2.24, 2.45) is 0 Å². The third-order valence-corrected chi connectivity index (χ3v) is 2.99. The monoisotopic (exact) mass is 234 g/mol. The molecule has 96 valence electrons. The van der Waals surface area contributed by atoms with E-state index in [4.69, 9.17) is 0 Å². The summed E-state index contributed by atoms with van der Waals surface area (Å²) in [6.07, 6.45) is 6.68. The van der Waals surface area contributed by atoms with Crippen LogP contribution < -0.4 is 10.2 Å². The lowest BCUT2D eigenvalue weighted by molar-refractivity contribution is 0.645. The molecule has 0 heterocycles. The molecule has 2 heteroatoms. The van der Waals surface area contributed by atoms with Crippen LogP contribution >= 0.6 is 0 Å². The molecule has 0 atom stereocenters. The van der Waals surface area contributed by atoms with Gasteiger partial charge >= 0.3 is 0 Å². The second-order valence-electron chi connectivity index (χ2n) is 4.78. The fraction of sp³-hybridized carbons (Fsp3) is 0.600. The molecule has 1 aromatic rings. The Morgan fingerprint density at radius 3 is 2.18 bits per heavy atom. The van der Waals surface area contributed by atoms with E-state index in [2.05, 4.69) is 55.5 Å². The average molecular weight is 234 g/mol. The van der Waals surface area contributed by atoms with Gasteiger partial charge in [0.25, 0.3) is 0 Å². The molecule has 0 radical (unpaired) electrons. The van der Waals surface area contributed by atoms with Crippen LogP contribution in [0.2, 0.25) is 0 Å². The zero-order chi connectivity index (χ0) is 12.5. The molecule has 1 N–H and O–H groups in total. The molecule has 0 aromatic heterocycles. The number of rotatable bonds is 8. The highest BCUT2D eigenvalue weighted by atomic mass is 15.1. The van der Waals surface area contributed by atoms with Crippen LogP contribution in [0, 0.1) is 0 Å². The third-order valence-electron chi connectivity index (χ3n) is 2.99. The maximum Gasteiger partial charge on any atom is 0.0362 e. The molecule has 1 rings (SSSR count). The zero-order valence-corrected chi connectivity index (χ0v) is 11.5. The van der Waals surface area contributed by atoms with E-state index in [-0.39, 0.29) is 0 Å². The highest BCUT2D eigenvalue weighted by Gasteiger charge is 1.95. The molecule has 0 spiro atoms. The normalized spacial score (nSPS) is 10.3. The van der Waals surface area contributed by atoms with E-state index in [9.17, 15) is 0 Å². The van der Waals surface area contributed by atoms with Crippen molar-refractivity contribution in [3.05, 3.63) is 24.3 Å². The van der Waals surface area contributed by atoms with Gasteiger partial charge in [0.2, 0.25) is 0 Å². The molecule has 0 saturated heterocycles. The summed E-state index contributed by atoms with van der Waals surface area (Å²) >= 11 is 0. The van der Waals surface area contributed by atoms with Gasteiger partial charge in [-0.1, -0.05) is 32.6 Å². The minimum absolute atomic E-state index is 1.09. The van der Waals surface area contributed by atoms with Gasteiger partial charge in [0, 0.05) is 32.0 Å². The van der Waals surface area contributed by atoms with Gasteiger partial charge in [-0.3, -0.25) is 0 Å². The summed E-state index contributed by atoms with van der Waals surface area (Å²) in [6.45, 7) is 3.34. The number of hydrogen-bond donors (Lipinski definition) is 1. The summed E-state index contributed by atoms with van der Waals surface area (Å²) in [5, 5.41) is 3.47. The highest BCUT2D eigenvalue weighted by molar-refractivity contribution is 5.54. The minimum atomic E-state index is 1.09. The number of unbranched alkanes of at least 4 members (excludes halogenated alkanes) is 4. The molecule has 0 unspecified atom stereocenters. The maximum atomic E-state index is 3.47. The van der Waals surface area contributed by atoms with Gasteiger partial charge in [-0.25, -0.2) is 0 Å². The first-order chi connectivity index (χ1) is 8.24. The number of hydrogen-bond acceptors (Lipinski definition) is 2. The largest absolute Gasteiger partial charge is 0.385 e. The average Bonchev–Trinajstić information content (AvgIpc) is 2.34. The van der Waals surface area contributed by atoms with Crippen LogP contribution in [0.1, 0.15) is 39.0 Å². The lowest BCUT2D eigenvalue weighted by Crippen LogP contribution is -2.08. The molecule has 0 aliphatic rings. The Morgan fingerprint density at radius 2 is 1.59 bits per heavy atom. The number of benzene rings is 1. The van der Waals surface area contributed by atoms with Crippen LogP contribution in [0.4, 0.5) is 11.4 Å². The summed E-state index contributed by atoms with van der Waals surface area (Å²) < 4.78 is 0. The van der Waals surface area contributed by atoms with E-state index in [0.29, 0.717) is 0 Å². The lowest BCUT2D eigenvalue weighted by atomic mass is 10.1. The number of anilines is 2. The molecular formula is C15H26N2. The van der Waals surface area contributed by atoms with Crippen molar-refractivity contribution in [3.63, 3.8) is 0 Å². The smallest absolute Gasteiger partial charge is 0.0362 e. The molecule has 2 nitrogen and oxygen atoms in total. The molecule has 0 amide bonds. The third kappa shape index (κ3) is 5.62. The predicted molar refractivity (Wildman–Crippen MR) is 78.0 cm³/mol. The zero-order valence-electron chi connectivity index (χ0n) is 11.5. The predicted octanol–water partition coefficient (Wildman–Crippen LogP) is 4.13. The SMILES string of the molecule is CCCCCCCNc1ccc(N(C)C)cc1. The number of nitrogens with one attached hydrogen (secondary N) is 1. The van der Waals surface area contributed by atoms with Crippen molar-refractivity contribution in [1.29, 1.82) is 0 Å². The molecule has 0 aliphatic heterocycles. The summed E-state index contributed by atoms with van der Waals surface area (Å²) in [5.41, 5.74) is 2.48. The fourth-order valence-electron chi connectivity index (χ4n) is 1.84. The summed E-state index contributed by atoms with van der Waals surface area (Å²) in [7, 11) is 4.13. The van der Waals surface area contributed by atoms with E-state index < -0.39 is 0 Å². The van der Waals surface area contributed by atoms with Gasteiger partial charge in [-0.2, -0.15) is 0 Å². The van der Waals surface area contributed by atoms with Gasteiger partial charge in [0.1, 0.15) is 0 Å². The second-order valence-corrected chi connectivity index (χ2v) is 4.78. The Bertz CT molecular complexity index is 290. The van der Waals surface area contributed by atoms with Crippen LogP contribution in [-0.2, 0) is 0 Å². The van der Waals surface area contributed by atoms with E-state index >= 15 is 0 Å². The van der Waals surface area contributed by atoms with Crippen molar-refractivity contribution >= 4 is 11.4 Å². The molecule has 0 bridgehead atoms. The maximum absolute atomic E-state index is 3.47. The van der Waals surface area contributed by atoms with Crippen molar-refractivity contribution < 1.29 is 0 Å². The second kappa shape index (κ2) is 7.99. The van der Waals surface area contributed by atoms with E-state index in [0.717, 1.165) is 6.54 Å². The molecule has 1 aromatic carbocycles. The molecule has 0 saturated carbocycles. The van der Waals surface area contributed by atoms with Gasteiger partial charge in [0.05, 0.1) is 0 Å². The summed E-state index contributed by atoms with van der Waals surface area (Å²) in [5.74, 6) is 0. The summed E-state index contributed by atoms with van der Waals surface area (Å²) in [6, 6.07) is 8.61. The fourth-order valence-corrected chi connectivity index (χ4v) is 1.84. The van der Waals surface area contributed by atoms with Gasteiger partial charge in [-0.15, -0.1) is 0 Å². The van der Waals surface area contributed by atoms with E-state index in [1.807, 2.05) is 0 Å². The standard InChI is InChI=1S/C15H26N2/c1-4-5-6-7-8-13-16-14-9-11-15(12-10-14)17(2)3/h9-12,16H,4-8,13H2,1-3H3. The quantitative estimate of drug-likeness (QED) is 0.680. The van der Waals surface area contributed by atoms with Crippen molar-refractivity contribution in [2.75, 3.05) is 30.9 Å². The van der Waals surface area contributed by atoms with Gasteiger partial charge < -0.3 is 10.2 Å². The molecule has 17 heavy (non-hydrogen) atoms. The molecule has 0 fully saturated rings. The topological polar surface area (TPSA) is 15.3 Å².